The third kappa shape index (κ3) is 6.18. The minimum atomic E-state index is -0.365. The van der Waals surface area contributed by atoms with Crippen molar-refractivity contribution < 1.29 is 13.9 Å². The van der Waals surface area contributed by atoms with Gasteiger partial charge >= 0.3 is 0 Å². The lowest BCUT2D eigenvalue weighted by Crippen LogP contribution is -2.32. The van der Waals surface area contributed by atoms with Gasteiger partial charge in [-0.3, -0.25) is 0 Å². The maximum absolute atomic E-state index is 13.4. The predicted octanol–water partition coefficient (Wildman–Crippen LogP) is 3.05. The molecule has 114 valence electrons. The van der Waals surface area contributed by atoms with Gasteiger partial charge in [-0.05, 0) is 31.0 Å². The van der Waals surface area contributed by atoms with Crippen LogP contribution in [-0.2, 0) is 15.9 Å². The molecule has 1 aromatic rings. The van der Waals surface area contributed by atoms with Crippen molar-refractivity contribution in [2.75, 3.05) is 33.5 Å². The van der Waals surface area contributed by atoms with Crippen LogP contribution in [0.2, 0.25) is 5.02 Å². The number of halogens is 2. The van der Waals surface area contributed by atoms with E-state index in [4.69, 9.17) is 21.1 Å². The Labute approximate surface area is 125 Å². The number of ether oxygens (including phenoxy) is 2. The van der Waals surface area contributed by atoms with Crippen LogP contribution in [-0.4, -0.2) is 39.5 Å². The molecule has 0 saturated heterocycles. The molecule has 1 N–H and O–H groups in total. The molecule has 0 amide bonds. The summed E-state index contributed by atoms with van der Waals surface area (Å²) in [6.07, 6.45) is 1.54. The lowest BCUT2D eigenvalue weighted by molar-refractivity contribution is 0.0659. The lowest BCUT2D eigenvalue weighted by atomic mass is 10.0. The van der Waals surface area contributed by atoms with Gasteiger partial charge < -0.3 is 14.8 Å². The van der Waals surface area contributed by atoms with E-state index >= 15 is 0 Å². The first kappa shape index (κ1) is 17.4. The van der Waals surface area contributed by atoms with Crippen molar-refractivity contribution in [2.24, 2.45) is 0 Å². The SMILES string of the molecule is CCNC(CCOCCOC)Cc1cccc(F)c1Cl. The molecule has 0 spiro atoms. The van der Waals surface area contributed by atoms with E-state index in [1.165, 1.54) is 6.07 Å². The Bertz CT molecular complexity index is 390. The van der Waals surface area contributed by atoms with Gasteiger partial charge in [-0.2, -0.15) is 0 Å². The maximum Gasteiger partial charge on any atom is 0.142 e. The molecule has 0 saturated carbocycles. The van der Waals surface area contributed by atoms with E-state index in [1.807, 2.05) is 13.0 Å². The van der Waals surface area contributed by atoms with Crippen molar-refractivity contribution in [3.63, 3.8) is 0 Å². The minimum absolute atomic E-state index is 0.218. The Balaban J connectivity index is 2.47. The van der Waals surface area contributed by atoms with E-state index in [0.717, 1.165) is 18.5 Å². The summed E-state index contributed by atoms with van der Waals surface area (Å²) >= 11 is 5.99. The molecule has 0 radical (unpaired) electrons. The van der Waals surface area contributed by atoms with Crippen molar-refractivity contribution in [1.82, 2.24) is 5.32 Å². The Hall–Kier alpha value is -0.680. The first-order valence-corrected chi connectivity index (χ1v) is 7.29. The van der Waals surface area contributed by atoms with Crippen molar-refractivity contribution in [3.05, 3.63) is 34.6 Å². The number of likely N-dealkylation sites (N-methyl/N-ethyl adjacent to an activating group) is 1. The van der Waals surface area contributed by atoms with E-state index in [2.05, 4.69) is 5.32 Å². The molecular weight excluding hydrogens is 281 g/mol. The molecule has 3 nitrogen and oxygen atoms in total. The zero-order chi connectivity index (χ0) is 14.8. The highest BCUT2D eigenvalue weighted by atomic mass is 35.5. The molecule has 1 rings (SSSR count). The van der Waals surface area contributed by atoms with Crippen LogP contribution < -0.4 is 5.32 Å². The van der Waals surface area contributed by atoms with E-state index in [-0.39, 0.29) is 16.9 Å². The lowest BCUT2D eigenvalue weighted by Gasteiger charge is -2.18. The highest BCUT2D eigenvalue weighted by molar-refractivity contribution is 6.31. The van der Waals surface area contributed by atoms with Crippen LogP contribution in [0, 0.1) is 5.82 Å². The largest absolute Gasteiger partial charge is 0.382 e. The molecule has 20 heavy (non-hydrogen) atoms. The number of rotatable bonds is 10. The maximum atomic E-state index is 13.4. The molecule has 0 heterocycles. The Morgan fingerprint density at radius 2 is 2.10 bits per heavy atom. The van der Waals surface area contributed by atoms with E-state index in [1.54, 1.807) is 13.2 Å². The summed E-state index contributed by atoms with van der Waals surface area (Å²) in [5.74, 6) is -0.365. The smallest absolute Gasteiger partial charge is 0.142 e. The fourth-order valence-electron chi connectivity index (χ4n) is 2.01. The summed E-state index contributed by atoms with van der Waals surface area (Å²) in [6.45, 7) is 4.74. The van der Waals surface area contributed by atoms with Crippen LogP contribution in [0.4, 0.5) is 4.39 Å². The average molecular weight is 304 g/mol. The van der Waals surface area contributed by atoms with Gasteiger partial charge in [0.25, 0.3) is 0 Å². The normalized spacial score (nSPS) is 12.6. The van der Waals surface area contributed by atoms with Gasteiger partial charge in [0.2, 0.25) is 0 Å². The zero-order valence-electron chi connectivity index (χ0n) is 12.1. The van der Waals surface area contributed by atoms with Crippen LogP contribution in [0.5, 0.6) is 0 Å². The number of benzene rings is 1. The highest BCUT2D eigenvalue weighted by Gasteiger charge is 2.12. The van der Waals surface area contributed by atoms with Gasteiger partial charge in [-0.15, -0.1) is 0 Å². The molecule has 0 bridgehead atoms. The van der Waals surface area contributed by atoms with Crippen LogP contribution in [0.1, 0.15) is 18.9 Å². The minimum Gasteiger partial charge on any atom is -0.382 e. The molecular formula is C15H23ClFNO2. The summed E-state index contributed by atoms with van der Waals surface area (Å²) in [4.78, 5) is 0. The van der Waals surface area contributed by atoms with Gasteiger partial charge in [0.15, 0.2) is 0 Å². The van der Waals surface area contributed by atoms with Gasteiger partial charge in [-0.1, -0.05) is 30.7 Å². The number of hydrogen-bond donors (Lipinski definition) is 1. The number of hydrogen-bond acceptors (Lipinski definition) is 3. The standard InChI is InChI=1S/C15H23ClFNO2/c1-3-18-13(7-8-20-10-9-19-2)11-12-5-4-6-14(17)15(12)16/h4-6,13,18H,3,7-11H2,1-2H3. The molecule has 0 aliphatic rings. The van der Waals surface area contributed by atoms with Crippen molar-refractivity contribution in [2.45, 2.75) is 25.8 Å². The summed E-state index contributed by atoms with van der Waals surface area (Å²) in [5.41, 5.74) is 0.828. The molecule has 0 aromatic heterocycles. The second kappa shape index (κ2) is 10.1. The van der Waals surface area contributed by atoms with Crippen molar-refractivity contribution in [1.29, 1.82) is 0 Å². The Morgan fingerprint density at radius 3 is 2.80 bits per heavy atom. The van der Waals surface area contributed by atoms with Crippen molar-refractivity contribution in [3.8, 4) is 0 Å². The fourth-order valence-corrected chi connectivity index (χ4v) is 2.21. The molecule has 0 aliphatic carbocycles. The topological polar surface area (TPSA) is 30.5 Å². The highest BCUT2D eigenvalue weighted by Crippen LogP contribution is 2.21. The van der Waals surface area contributed by atoms with Gasteiger partial charge in [0.1, 0.15) is 5.82 Å². The predicted molar refractivity (Wildman–Crippen MR) is 79.9 cm³/mol. The first-order chi connectivity index (χ1) is 9.69. The summed E-state index contributed by atoms with van der Waals surface area (Å²) in [6, 6.07) is 5.15. The molecule has 1 atom stereocenters. The molecule has 0 aliphatic heterocycles. The second-order valence-electron chi connectivity index (χ2n) is 4.57. The van der Waals surface area contributed by atoms with Crippen LogP contribution in [0.3, 0.4) is 0 Å². The van der Waals surface area contributed by atoms with Crippen LogP contribution in [0.25, 0.3) is 0 Å². The van der Waals surface area contributed by atoms with Gasteiger partial charge in [0, 0.05) is 19.8 Å². The molecule has 5 heteroatoms. The van der Waals surface area contributed by atoms with E-state index in [0.29, 0.717) is 26.2 Å². The third-order valence-electron chi connectivity index (χ3n) is 3.03. The monoisotopic (exact) mass is 303 g/mol. The summed E-state index contributed by atoms with van der Waals surface area (Å²) in [7, 11) is 1.65. The Kier molecular flexibility index (Phi) is 8.78. The molecule has 1 aromatic carbocycles. The van der Waals surface area contributed by atoms with Gasteiger partial charge in [0.05, 0.1) is 18.2 Å². The molecule has 1 unspecified atom stereocenters. The fraction of sp³-hybridized carbons (Fsp3) is 0.600. The quantitative estimate of drug-likeness (QED) is 0.674. The summed E-state index contributed by atoms with van der Waals surface area (Å²) < 4.78 is 23.8. The third-order valence-corrected chi connectivity index (χ3v) is 3.46. The van der Waals surface area contributed by atoms with E-state index in [9.17, 15) is 4.39 Å². The average Bonchev–Trinajstić information content (AvgIpc) is 2.43. The molecule has 0 fully saturated rings. The van der Waals surface area contributed by atoms with E-state index < -0.39 is 0 Å². The van der Waals surface area contributed by atoms with Crippen LogP contribution in [0.15, 0.2) is 18.2 Å². The number of methoxy groups -OCH3 is 1. The summed E-state index contributed by atoms with van der Waals surface area (Å²) in [5, 5.41) is 3.59. The van der Waals surface area contributed by atoms with Crippen LogP contribution >= 0.6 is 11.6 Å². The second-order valence-corrected chi connectivity index (χ2v) is 4.94. The first-order valence-electron chi connectivity index (χ1n) is 6.92. The van der Waals surface area contributed by atoms with Crippen molar-refractivity contribution >= 4 is 11.6 Å². The Morgan fingerprint density at radius 1 is 1.30 bits per heavy atom. The van der Waals surface area contributed by atoms with Gasteiger partial charge in [-0.25, -0.2) is 4.39 Å². The number of nitrogens with one attached hydrogen (secondary N) is 1. The zero-order valence-corrected chi connectivity index (χ0v) is 12.9.